The molecular formula is C38H48N4O8S. The predicted octanol–water partition coefficient (Wildman–Crippen LogP) is 7.77. The van der Waals surface area contributed by atoms with Crippen molar-refractivity contribution in [1.29, 1.82) is 0 Å². The van der Waals surface area contributed by atoms with Crippen LogP contribution in [0.3, 0.4) is 0 Å². The van der Waals surface area contributed by atoms with E-state index in [-0.39, 0.29) is 23.0 Å². The first-order chi connectivity index (χ1) is 23.4. The van der Waals surface area contributed by atoms with E-state index in [4.69, 9.17) is 14.2 Å². The summed E-state index contributed by atoms with van der Waals surface area (Å²) in [4.78, 5) is 51.0. The fraction of sp³-hybridized carbons (Fsp3) is 0.447. The smallest absolute Gasteiger partial charge is 0.425 e. The molecule has 0 aliphatic carbocycles. The van der Waals surface area contributed by atoms with Crippen LogP contribution < -0.4 is 4.90 Å². The highest BCUT2D eigenvalue weighted by Gasteiger charge is 2.35. The predicted molar refractivity (Wildman–Crippen MR) is 195 cm³/mol. The van der Waals surface area contributed by atoms with Crippen LogP contribution in [0.25, 0.3) is 11.3 Å². The van der Waals surface area contributed by atoms with E-state index in [0.29, 0.717) is 21.7 Å². The van der Waals surface area contributed by atoms with Gasteiger partial charge in [-0.1, -0.05) is 30.2 Å². The number of ether oxygens (including phenoxy) is 3. The molecule has 0 spiro atoms. The molecule has 3 amide bonds. The van der Waals surface area contributed by atoms with Gasteiger partial charge in [-0.2, -0.15) is 4.90 Å². The number of hydrogen-bond acceptors (Lipinski definition) is 10. The molecule has 3 aromatic rings. The number of amides is 3. The van der Waals surface area contributed by atoms with Gasteiger partial charge in [0.25, 0.3) is 0 Å². The molecule has 12 nitrogen and oxygen atoms in total. The van der Waals surface area contributed by atoms with Crippen LogP contribution in [-0.2, 0) is 30.6 Å². The minimum atomic E-state index is -3.51. The van der Waals surface area contributed by atoms with Gasteiger partial charge in [-0.15, -0.1) is 0 Å². The van der Waals surface area contributed by atoms with Crippen molar-refractivity contribution in [3.8, 4) is 23.1 Å². The maximum absolute atomic E-state index is 13.5. The minimum absolute atomic E-state index is 0.0561. The Morgan fingerprint density at radius 2 is 1.31 bits per heavy atom. The van der Waals surface area contributed by atoms with Crippen molar-refractivity contribution in [1.82, 2.24) is 14.9 Å². The van der Waals surface area contributed by atoms with Gasteiger partial charge < -0.3 is 19.1 Å². The normalized spacial score (nSPS) is 12.0. The average molecular weight is 721 g/mol. The molecule has 3 rings (SSSR count). The lowest BCUT2D eigenvalue weighted by Crippen LogP contribution is -2.44. The summed E-state index contributed by atoms with van der Waals surface area (Å²) in [6, 6.07) is 13.3. The van der Waals surface area contributed by atoms with Gasteiger partial charge >= 0.3 is 18.3 Å². The Balaban J connectivity index is 2.16. The first-order valence-electron chi connectivity index (χ1n) is 16.4. The van der Waals surface area contributed by atoms with Gasteiger partial charge in [0.1, 0.15) is 16.8 Å². The van der Waals surface area contributed by atoms with E-state index in [0.717, 1.165) is 5.56 Å². The Kier molecular flexibility index (Phi) is 12.3. The second-order valence-corrected chi connectivity index (χ2v) is 17.6. The van der Waals surface area contributed by atoms with Gasteiger partial charge in [-0.3, -0.25) is 0 Å². The summed E-state index contributed by atoms with van der Waals surface area (Å²) in [5.74, 6) is 5.77. The lowest BCUT2D eigenvalue weighted by molar-refractivity contribution is 0.0283. The Labute approximate surface area is 301 Å². The second-order valence-electron chi connectivity index (χ2n) is 15.1. The average Bonchev–Trinajstić information content (AvgIpc) is 2.98. The number of carbonyl (C=O) groups excluding carboxylic acids is 3. The van der Waals surface area contributed by atoms with Crippen molar-refractivity contribution >= 4 is 33.9 Å². The third kappa shape index (κ3) is 11.8. The monoisotopic (exact) mass is 720 g/mol. The summed E-state index contributed by atoms with van der Waals surface area (Å²) in [7, 11) is -1.88. The number of anilines is 1. The lowest BCUT2D eigenvalue weighted by atomic mass is 10.1. The molecule has 2 aromatic carbocycles. The molecule has 0 unspecified atom stereocenters. The van der Waals surface area contributed by atoms with Crippen molar-refractivity contribution in [2.45, 2.75) is 110 Å². The van der Waals surface area contributed by atoms with Gasteiger partial charge in [-0.05, 0) is 112 Å². The van der Waals surface area contributed by atoms with Gasteiger partial charge in [0.05, 0.1) is 22.0 Å². The summed E-state index contributed by atoms with van der Waals surface area (Å²) in [5, 5.41) is -0.604. The summed E-state index contributed by atoms with van der Waals surface area (Å²) in [6.07, 6.45) is -1.22. The van der Waals surface area contributed by atoms with E-state index in [1.807, 2.05) is 6.07 Å². The van der Waals surface area contributed by atoms with E-state index < -0.39 is 50.2 Å². The zero-order valence-corrected chi connectivity index (χ0v) is 32.3. The van der Waals surface area contributed by atoms with E-state index in [9.17, 15) is 22.8 Å². The Morgan fingerprint density at radius 1 is 0.784 bits per heavy atom. The van der Waals surface area contributed by atoms with Crippen LogP contribution >= 0.6 is 0 Å². The van der Waals surface area contributed by atoms with E-state index >= 15 is 0 Å². The van der Waals surface area contributed by atoms with Gasteiger partial charge in [0.15, 0.2) is 21.3 Å². The second kappa shape index (κ2) is 15.5. The lowest BCUT2D eigenvalue weighted by Gasteiger charge is -2.28. The first-order valence-corrected chi connectivity index (χ1v) is 17.9. The SMILES string of the molecule is CC(C)S(=O)(=O)c1ccc(-c2cnc(N(C(=O)OC(C)(C)C)C(=O)OC(C)(C)C)c(C#Cc3cccc(CN(C)C(=O)OC(C)(C)C)c3)n2)cc1. The van der Waals surface area contributed by atoms with Crippen LogP contribution in [0.2, 0.25) is 0 Å². The van der Waals surface area contributed by atoms with Gasteiger partial charge in [0, 0.05) is 24.7 Å². The first kappa shape index (κ1) is 40.5. The van der Waals surface area contributed by atoms with Crippen molar-refractivity contribution in [2.24, 2.45) is 0 Å². The molecular weight excluding hydrogens is 673 g/mol. The highest BCUT2D eigenvalue weighted by Crippen LogP contribution is 2.27. The maximum Gasteiger partial charge on any atom is 0.425 e. The molecule has 0 bridgehead atoms. The highest BCUT2D eigenvalue weighted by atomic mass is 32.2. The number of carbonyl (C=O) groups is 3. The molecule has 0 radical (unpaired) electrons. The maximum atomic E-state index is 13.5. The Morgan fingerprint density at radius 3 is 1.82 bits per heavy atom. The van der Waals surface area contributed by atoms with Crippen molar-refractivity contribution in [3.05, 3.63) is 71.5 Å². The van der Waals surface area contributed by atoms with E-state index in [2.05, 4.69) is 21.8 Å². The highest BCUT2D eigenvalue weighted by molar-refractivity contribution is 7.92. The summed E-state index contributed by atoms with van der Waals surface area (Å²) >= 11 is 0. The molecule has 0 saturated carbocycles. The number of benzene rings is 2. The third-order valence-electron chi connectivity index (χ3n) is 6.59. The molecule has 0 atom stereocenters. The standard InChI is InChI=1S/C38H48N4O8S/c1-25(2)51(46,47)29-19-17-28(18-20-29)31-23-39-32(42(34(44)49-37(6,7)8)35(45)50-38(9,10)11)30(40-31)21-16-26-14-13-15-27(22-26)24-41(12)33(43)48-36(3,4)5/h13-15,17-20,22-23,25H,24H2,1-12H3. The topological polar surface area (TPSA) is 145 Å². The van der Waals surface area contributed by atoms with E-state index in [1.54, 1.807) is 114 Å². The van der Waals surface area contributed by atoms with Crippen molar-refractivity contribution in [3.63, 3.8) is 0 Å². The zero-order chi connectivity index (χ0) is 38.5. The fourth-order valence-corrected chi connectivity index (χ4v) is 5.34. The molecule has 0 aliphatic rings. The Bertz CT molecular complexity index is 1900. The summed E-state index contributed by atoms with van der Waals surface area (Å²) in [5.41, 5.74) is -0.497. The van der Waals surface area contributed by atoms with Crippen LogP contribution in [0.4, 0.5) is 20.2 Å². The van der Waals surface area contributed by atoms with E-state index in [1.165, 1.54) is 23.2 Å². The number of hydrogen-bond donors (Lipinski definition) is 0. The molecule has 51 heavy (non-hydrogen) atoms. The molecule has 0 saturated heterocycles. The summed E-state index contributed by atoms with van der Waals surface area (Å²) < 4.78 is 42.0. The van der Waals surface area contributed by atoms with Crippen molar-refractivity contribution < 1.29 is 37.0 Å². The molecule has 13 heteroatoms. The third-order valence-corrected chi connectivity index (χ3v) is 8.76. The number of imide groups is 1. The number of nitrogens with zero attached hydrogens (tertiary/aromatic N) is 4. The number of sulfone groups is 1. The summed E-state index contributed by atoms with van der Waals surface area (Å²) in [6.45, 7) is 18.8. The quantitative estimate of drug-likeness (QED) is 0.183. The van der Waals surface area contributed by atoms with Crippen LogP contribution in [0.5, 0.6) is 0 Å². The molecule has 1 heterocycles. The largest absolute Gasteiger partial charge is 0.444 e. The van der Waals surface area contributed by atoms with Crippen LogP contribution in [-0.4, -0.2) is 70.7 Å². The van der Waals surface area contributed by atoms with Gasteiger partial charge in [0.2, 0.25) is 0 Å². The molecule has 274 valence electrons. The molecule has 0 aliphatic heterocycles. The minimum Gasteiger partial charge on any atom is -0.444 e. The number of rotatable bonds is 6. The van der Waals surface area contributed by atoms with Crippen LogP contribution in [0.1, 0.15) is 93.0 Å². The Hall–Kier alpha value is -4.96. The number of aromatic nitrogens is 2. The molecule has 0 N–H and O–H groups in total. The van der Waals surface area contributed by atoms with Crippen molar-refractivity contribution in [2.75, 3.05) is 11.9 Å². The van der Waals surface area contributed by atoms with Crippen LogP contribution in [0.15, 0.2) is 59.6 Å². The van der Waals surface area contributed by atoms with Gasteiger partial charge in [-0.25, -0.2) is 32.8 Å². The van der Waals surface area contributed by atoms with Crippen LogP contribution in [0, 0.1) is 11.8 Å². The zero-order valence-electron chi connectivity index (χ0n) is 31.4. The molecule has 1 aromatic heterocycles. The molecule has 0 fully saturated rings. The fourth-order valence-electron chi connectivity index (χ4n) is 4.28.